The molecule has 1 saturated carbocycles. The van der Waals surface area contributed by atoms with Gasteiger partial charge in [0.05, 0.1) is 12.5 Å². The van der Waals surface area contributed by atoms with Crippen LogP contribution in [-0.2, 0) is 10.0 Å². The SMILES string of the molecule is CC(CC1CC1)NS(=O)(=O)c1cnc[nH]1. The molecule has 1 heterocycles. The van der Waals surface area contributed by atoms with Gasteiger partial charge in [0, 0.05) is 6.04 Å². The van der Waals surface area contributed by atoms with E-state index < -0.39 is 10.0 Å². The van der Waals surface area contributed by atoms with Crippen LogP contribution >= 0.6 is 0 Å². The Morgan fingerprint density at radius 3 is 2.93 bits per heavy atom. The molecule has 84 valence electrons. The molecule has 1 aromatic heterocycles. The van der Waals surface area contributed by atoms with E-state index in [-0.39, 0.29) is 11.1 Å². The van der Waals surface area contributed by atoms with Crippen molar-refractivity contribution in [1.29, 1.82) is 0 Å². The van der Waals surface area contributed by atoms with Crippen LogP contribution in [0, 0.1) is 5.92 Å². The minimum absolute atomic E-state index is 0.00852. The highest BCUT2D eigenvalue weighted by Crippen LogP contribution is 2.33. The lowest BCUT2D eigenvalue weighted by Crippen LogP contribution is -2.33. The Labute approximate surface area is 89.4 Å². The molecule has 0 radical (unpaired) electrons. The maximum Gasteiger partial charge on any atom is 0.257 e. The van der Waals surface area contributed by atoms with Gasteiger partial charge in [0.2, 0.25) is 0 Å². The number of hydrogen-bond donors (Lipinski definition) is 2. The molecule has 1 fully saturated rings. The fraction of sp³-hybridized carbons (Fsp3) is 0.667. The summed E-state index contributed by atoms with van der Waals surface area (Å²) < 4.78 is 26.1. The van der Waals surface area contributed by atoms with Gasteiger partial charge in [-0.3, -0.25) is 0 Å². The van der Waals surface area contributed by atoms with Crippen LogP contribution in [0.2, 0.25) is 0 Å². The average molecular weight is 229 g/mol. The molecule has 1 aliphatic rings. The summed E-state index contributed by atoms with van der Waals surface area (Å²) in [5.41, 5.74) is 0. The van der Waals surface area contributed by atoms with Gasteiger partial charge in [-0.25, -0.2) is 18.1 Å². The number of aromatic amines is 1. The minimum Gasteiger partial charge on any atom is -0.335 e. The predicted molar refractivity (Wildman–Crippen MR) is 55.7 cm³/mol. The molecule has 0 aliphatic heterocycles. The second-order valence-electron chi connectivity index (χ2n) is 4.12. The van der Waals surface area contributed by atoms with Crippen LogP contribution in [0.4, 0.5) is 0 Å². The van der Waals surface area contributed by atoms with Crippen molar-refractivity contribution in [3.05, 3.63) is 12.5 Å². The summed E-state index contributed by atoms with van der Waals surface area (Å²) in [6, 6.07) is -0.00852. The van der Waals surface area contributed by atoms with Gasteiger partial charge in [0.1, 0.15) is 0 Å². The monoisotopic (exact) mass is 229 g/mol. The normalized spacial score (nSPS) is 19.0. The lowest BCUT2D eigenvalue weighted by Gasteiger charge is -2.12. The Hall–Kier alpha value is -0.880. The molecular formula is C9H15N3O2S. The molecule has 1 aliphatic carbocycles. The number of nitrogens with zero attached hydrogens (tertiary/aromatic N) is 1. The summed E-state index contributed by atoms with van der Waals surface area (Å²) in [7, 11) is -3.40. The Morgan fingerprint density at radius 2 is 2.40 bits per heavy atom. The summed E-state index contributed by atoms with van der Waals surface area (Å²) >= 11 is 0. The zero-order valence-electron chi connectivity index (χ0n) is 8.60. The first-order chi connectivity index (χ1) is 7.08. The topological polar surface area (TPSA) is 74.8 Å². The van der Waals surface area contributed by atoms with E-state index in [9.17, 15) is 8.42 Å². The number of sulfonamides is 1. The fourth-order valence-electron chi connectivity index (χ4n) is 1.62. The van der Waals surface area contributed by atoms with Gasteiger partial charge in [-0.1, -0.05) is 12.8 Å². The molecule has 6 heteroatoms. The summed E-state index contributed by atoms with van der Waals surface area (Å²) in [6.45, 7) is 1.90. The second-order valence-corrected chi connectivity index (χ2v) is 5.80. The van der Waals surface area contributed by atoms with Crippen LogP contribution in [0.1, 0.15) is 26.2 Å². The van der Waals surface area contributed by atoms with Crippen molar-refractivity contribution < 1.29 is 8.42 Å². The smallest absolute Gasteiger partial charge is 0.257 e. The zero-order chi connectivity index (χ0) is 10.9. The van der Waals surface area contributed by atoms with E-state index in [2.05, 4.69) is 14.7 Å². The quantitative estimate of drug-likeness (QED) is 0.787. The molecule has 2 N–H and O–H groups in total. The third-order valence-electron chi connectivity index (χ3n) is 2.50. The third kappa shape index (κ3) is 2.79. The van der Waals surface area contributed by atoms with Crippen molar-refractivity contribution in [3.63, 3.8) is 0 Å². The second kappa shape index (κ2) is 3.94. The van der Waals surface area contributed by atoms with Gasteiger partial charge in [-0.15, -0.1) is 0 Å². The molecule has 5 nitrogen and oxygen atoms in total. The molecule has 2 rings (SSSR count). The third-order valence-corrected chi connectivity index (χ3v) is 4.02. The largest absolute Gasteiger partial charge is 0.335 e. The summed E-state index contributed by atoms with van der Waals surface area (Å²) in [5.74, 6) is 0.712. The Morgan fingerprint density at radius 1 is 1.67 bits per heavy atom. The highest BCUT2D eigenvalue weighted by molar-refractivity contribution is 7.89. The molecule has 15 heavy (non-hydrogen) atoms. The minimum atomic E-state index is -3.40. The zero-order valence-corrected chi connectivity index (χ0v) is 9.42. The van der Waals surface area contributed by atoms with Gasteiger partial charge in [0.15, 0.2) is 5.03 Å². The van der Waals surface area contributed by atoms with E-state index in [0.717, 1.165) is 6.42 Å². The van der Waals surface area contributed by atoms with Crippen molar-refractivity contribution in [2.75, 3.05) is 0 Å². The molecular weight excluding hydrogens is 214 g/mol. The van der Waals surface area contributed by atoms with Crippen molar-refractivity contribution in [3.8, 4) is 0 Å². The molecule has 0 amide bonds. The van der Waals surface area contributed by atoms with E-state index in [4.69, 9.17) is 0 Å². The molecule has 1 atom stereocenters. The first-order valence-electron chi connectivity index (χ1n) is 5.08. The van der Waals surface area contributed by atoms with Crippen molar-refractivity contribution in [2.45, 2.75) is 37.3 Å². The Bertz CT molecular complexity index is 409. The van der Waals surface area contributed by atoms with Crippen molar-refractivity contribution in [1.82, 2.24) is 14.7 Å². The number of nitrogens with one attached hydrogen (secondary N) is 2. The standard InChI is InChI=1S/C9H15N3O2S/c1-7(4-8-2-3-8)12-15(13,14)9-5-10-6-11-9/h5-8,12H,2-4H2,1H3,(H,10,11). The van der Waals surface area contributed by atoms with Gasteiger partial charge in [0.25, 0.3) is 10.0 Å². The maximum absolute atomic E-state index is 11.7. The average Bonchev–Trinajstić information content (AvgIpc) is 2.79. The van der Waals surface area contributed by atoms with Crippen LogP contribution in [0.3, 0.4) is 0 Å². The van der Waals surface area contributed by atoms with Crippen LogP contribution in [0.15, 0.2) is 17.6 Å². The number of imidazole rings is 1. The van der Waals surface area contributed by atoms with Crippen molar-refractivity contribution >= 4 is 10.0 Å². The molecule has 1 unspecified atom stereocenters. The maximum atomic E-state index is 11.7. The lowest BCUT2D eigenvalue weighted by molar-refractivity contribution is 0.528. The van der Waals surface area contributed by atoms with E-state index in [1.807, 2.05) is 6.92 Å². The van der Waals surface area contributed by atoms with Crippen molar-refractivity contribution in [2.24, 2.45) is 5.92 Å². The Balaban J connectivity index is 1.97. The van der Waals surface area contributed by atoms with Crippen LogP contribution in [0.5, 0.6) is 0 Å². The van der Waals surface area contributed by atoms with Crippen LogP contribution in [-0.4, -0.2) is 24.4 Å². The number of H-pyrrole nitrogens is 1. The summed E-state index contributed by atoms with van der Waals surface area (Å²) in [4.78, 5) is 6.28. The van der Waals surface area contributed by atoms with Gasteiger partial charge < -0.3 is 4.98 Å². The first kappa shape index (κ1) is 10.6. The van der Waals surface area contributed by atoms with Crippen LogP contribution < -0.4 is 4.72 Å². The van der Waals surface area contributed by atoms with E-state index >= 15 is 0 Å². The number of hydrogen-bond acceptors (Lipinski definition) is 3. The fourth-order valence-corrected chi connectivity index (χ4v) is 2.78. The Kier molecular flexibility index (Phi) is 2.79. The van der Waals surface area contributed by atoms with Crippen LogP contribution in [0.25, 0.3) is 0 Å². The highest BCUT2D eigenvalue weighted by atomic mass is 32.2. The predicted octanol–water partition coefficient (Wildman–Crippen LogP) is 0.877. The summed E-state index contributed by atoms with van der Waals surface area (Å²) in [6.07, 6.45) is 6.06. The first-order valence-corrected chi connectivity index (χ1v) is 6.57. The van der Waals surface area contributed by atoms with Gasteiger partial charge in [-0.2, -0.15) is 0 Å². The highest BCUT2D eigenvalue weighted by Gasteiger charge is 2.26. The van der Waals surface area contributed by atoms with Gasteiger partial charge >= 0.3 is 0 Å². The molecule has 0 saturated heterocycles. The molecule has 1 aromatic rings. The lowest BCUT2D eigenvalue weighted by atomic mass is 10.2. The van der Waals surface area contributed by atoms with E-state index in [1.165, 1.54) is 25.4 Å². The van der Waals surface area contributed by atoms with Gasteiger partial charge in [-0.05, 0) is 19.3 Å². The van der Waals surface area contributed by atoms with E-state index in [1.54, 1.807) is 0 Å². The molecule has 0 spiro atoms. The van der Waals surface area contributed by atoms with E-state index in [0.29, 0.717) is 5.92 Å². The number of rotatable bonds is 5. The molecule has 0 aromatic carbocycles. The molecule has 0 bridgehead atoms. The summed E-state index contributed by atoms with van der Waals surface area (Å²) in [5, 5.41) is 0.130. The number of aromatic nitrogens is 2.